The van der Waals surface area contributed by atoms with Crippen LogP contribution in [0.25, 0.3) is 11.4 Å². The van der Waals surface area contributed by atoms with Crippen LogP contribution in [0.2, 0.25) is 0 Å². The highest BCUT2D eigenvalue weighted by atomic mass is 32.2. The summed E-state index contributed by atoms with van der Waals surface area (Å²) in [6.07, 6.45) is 1.30. The Kier molecular flexibility index (Phi) is 4.66. The van der Waals surface area contributed by atoms with Crippen molar-refractivity contribution in [2.45, 2.75) is 32.4 Å². The standard InChI is InChI=1S/C15H20FN5O2S/c1-3-20(2)24(22,23)19-13-8-9-14-17-18-15(21(14)10-13)11-4-6-12(16)7-5-11/h4-7,13,19H,3,8-10H2,1-2H3/t13-/m0/s1. The normalized spacial score (nSPS) is 17.9. The summed E-state index contributed by atoms with van der Waals surface area (Å²) >= 11 is 0. The van der Waals surface area contributed by atoms with E-state index in [0.717, 1.165) is 11.4 Å². The molecule has 9 heteroatoms. The molecule has 3 rings (SSSR count). The number of benzene rings is 1. The van der Waals surface area contributed by atoms with Crippen LogP contribution in [0.4, 0.5) is 4.39 Å². The second-order valence-corrected chi connectivity index (χ2v) is 7.64. The molecule has 2 aromatic rings. The molecule has 2 heterocycles. The quantitative estimate of drug-likeness (QED) is 0.875. The van der Waals surface area contributed by atoms with Gasteiger partial charge in [-0.1, -0.05) is 6.92 Å². The van der Waals surface area contributed by atoms with E-state index >= 15 is 0 Å². The first kappa shape index (κ1) is 17.0. The van der Waals surface area contributed by atoms with Crippen LogP contribution in [-0.2, 0) is 23.2 Å². The van der Waals surface area contributed by atoms with Crippen molar-refractivity contribution in [1.82, 2.24) is 23.8 Å². The Labute approximate surface area is 140 Å². The molecule has 1 aromatic carbocycles. The molecule has 0 spiro atoms. The summed E-state index contributed by atoms with van der Waals surface area (Å²) in [5, 5.41) is 8.35. The van der Waals surface area contributed by atoms with Gasteiger partial charge in [-0.15, -0.1) is 10.2 Å². The Morgan fingerprint density at radius 1 is 1.33 bits per heavy atom. The summed E-state index contributed by atoms with van der Waals surface area (Å²) in [5.41, 5.74) is 0.754. The van der Waals surface area contributed by atoms with E-state index in [-0.39, 0.29) is 11.9 Å². The van der Waals surface area contributed by atoms with Crippen molar-refractivity contribution in [1.29, 1.82) is 0 Å². The minimum absolute atomic E-state index is 0.230. The molecule has 0 amide bonds. The molecule has 1 aliphatic rings. The summed E-state index contributed by atoms with van der Waals surface area (Å²) in [4.78, 5) is 0. The SMILES string of the molecule is CCN(C)S(=O)(=O)N[C@H]1CCc2nnc(-c3ccc(F)cc3)n2C1. The summed E-state index contributed by atoms with van der Waals surface area (Å²) in [7, 11) is -1.96. The van der Waals surface area contributed by atoms with Gasteiger partial charge in [0.25, 0.3) is 10.2 Å². The molecule has 0 saturated heterocycles. The van der Waals surface area contributed by atoms with Gasteiger partial charge in [0.05, 0.1) is 0 Å². The Morgan fingerprint density at radius 3 is 2.71 bits per heavy atom. The Balaban J connectivity index is 1.83. The fourth-order valence-electron chi connectivity index (χ4n) is 2.71. The van der Waals surface area contributed by atoms with Crippen molar-refractivity contribution in [2.24, 2.45) is 0 Å². The highest BCUT2D eigenvalue weighted by Gasteiger charge is 2.28. The van der Waals surface area contributed by atoms with Gasteiger partial charge in [0.15, 0.2) is 5.82 Å². The van der Waals surface area contributed by atoms with Gasteiger partial charge in [0.2, 0.25) is 0 Å². The molecule has 1 N–H and O–H groups in total. The van der Waals surface area contributed by atoms with Gasteiger partial charge in [-0.2, -0.15) is 17.4 Å². The predicted octanol–water partition coefficient (Wildman–Crippen LogP) is 1.19. The lowest BCUT2D eigenvalue weighted by atomic mass is 10.1. The maximum atomic E-state index is 13.1. The average Bonchev–Trinajstić information content (AvgIpc) is 2.97. The summed E-state index contributed by atoms with van der Waals surface area (Å²) < 4.78 is 43.4. The second kappa shape index (κ2) is 6.58. The first-order chi connectivity index (χ1) is 11.4. The Morgan fingerprint density at radius 2 is 2.04 bits per heavy atom. The van der Waals surface area contributed by atoms with Crippen molar-refractivity contribution in [3.63, 3.8) is 0 Å². The molecular formula is C15H20FN5O2S. The van der Waals surface area contributed by atoms with Crippen molar-refractivity contribution >= 4 is 10.2 Å². The van der Waals surface area contributed by atoms with Crippen molar-refractivity contribution in [3.8, 4) is 11.4 Å². The van der Waals surface area contributed by atoms with Crippen LogP contribution in [0.3, 0.4) is 0 Å². The third kappa shape index (κ3) is 3.33. The molecule has 0 aliphatic carbocycles. The number of fused-ring (bicyclic) bond motifs is 1. The maximum Gasteiger partial charge on any atom is 0.279 e. The van der Waals surface area contributed by atoms with E-state index in [0.29, 0.717) is 31.8 Å². The average molecular weight is 353 g/mol. The number of aromatic nitrogens is 3. The molecule has 0 radical (unpaired) electrons. The van der Waals surface area contributed by atoms with E-state index in [2.05, 4.69) is 14.9 Å². The van der Waals surface area contributed by atoms with Gasteiger partial charge < -0.3 is 4.57 Å². The van der Waals surface area contributed by atoms with E-state index in [4.69, 9.17) is 0 Å². The maximum absolute atomic E-state index is 13.1. The number of hydrogen-bond acceptors (Lipinski definition) is 4. The van der Waals surface area contributed by atoms with Crippen LogP contribution in [0, 0.1) is 5.82 Å². The zero-order valence-electron chi connectivity index (χ0n) is 13.6. The number of nitrogens with one attached hydrogen (secondary N) is 1. The van der Waals surface area contributed by atoms with Gasteiger partial charge in [0.1, 0.15) is 11.6 Å². The minimum atomic E-state index is -3.50. The molecule has 24 heavy (non-hydrogen) atoms. The number of aryl methyl sites for hydroxylation is 1. The number of nitrogens with zero attached hydrogens (tertiary/aromatic N) is 4. The zero-order valence-corrected chi connectivity index (χ0v) is 14.4. The third-order valence-electron chi connectivity index (χ3n) is 4.22. The third-order valence-corrected chi connectivity index (χ3v) is 5.93. The van der Waals surface area contributed by atoms with Gasteiger partial charge in [-0.3, -0.25) is 0 Å². The lowest BCUT2D eigenvalue weighted by molar-refractivity contribution is 0.402. The molecule has 7 nitrogen and oxygen atoms in total. The Hall–Kier alpha value is -1.84. The lowest BCUT2D eigenvalue weighted by Crippen LogP contribution is -2.46. The Bertz CT molecular complexity index is 819. The smallest absolute Gasteiger partial charge is 0.279 e. The molecule has 1 aliphatic heterocycles. The first-order valence-corrected chi connectivity index (χ1v) is 9.26. The molecule has 130 valence electrons. The van der Waals surface area contributed by atoms with Gasteiger partial charge in [-0.05, 0) is 30.7 Å². The topological polar surface area (TPSA) is 80.1 Å². The summed E-state index contributed by atoms with van der Waals surface area (Å²) in [6.45, 7) is 2.64. The first-order valence-electron chi connectivity index (χ1n) is 7.82. The van der Waals surface area contributed by atoms with E-state index in [1.54, 1.807) is 26.1 Å². The summed E-state index contributed by atoms with van der Waals surface area (Å²) in [6, 6.07) is 5.80. The minimum Gasteiger partial charge on any atom is -0.309 e. The van der Waals surface area contributed by atoms with Crippen LogP contribution in [-0.4, -0.2) is 47.1 Å². The van der Waals surface area contributed by atoms with Gasteiger partial charge in [-0.25, -0.2) is 4.39 Å². The van der Waals surface area contributed by atoms with Crippen LogP contribution in [0.1, 0.15) is 19.2 Å². The van der Waals surface area contributed by atoms with Crippen LogP contribution in [0.5, 0.6) is 0 Å². The van der Waals surface area contributed by atoms with Crippen LogP contribution < -0.4 is 4.72 Å². The number of rotatable bonds is 5. The number of halogens is 1. The van der Waals surface area contributed by atoms with Crippen LogP contribution in [0.15, 0.2) is 24.3 Å². The van der Waals surface area contributed by atoms with E-state index in [1.807, 2.05) is 4.57 Å². The lowest BCUT2D eigenvalue weighted by Gasteiger charge is -2.27. The molecule has 0 fully saturated rings. The highest BCUT2D eigenvalue weighted by Crippen LogP contribution is 2.23. The molecule has 1 atom stereocenters. The summed E-state index contributed by atoms with van der Waals surface area (Å²) in [5.74, 6) is 1.12. The van der Waals surface area contributed by atoms with Crippen LogP contribution >= 0.6 is 0 Å². The van der Waals surface area contributed by atoms with Crippen molar-refractivity contribution in [3.05, 3.63) is 35.9 Å². The largest absolute Gasteiger partial charge is 0.309 e. The molecule has 0 unspecified atom stereocenters. The van der Waals surface area contributed by atoms with Crippen molar-refractivity contribution in [2.75, 3.05) is 13.6 Å². The molecular weight excluding hydrogens is 333 g/mol. The monoisotopic (exact) mass is 353 g/mol. The molecule has 0 saturated carbocycles. The predicted molar refractivity (Wildman–Crippen MR) is 87.9 cm³/mol. The fourth-order valence-corrected chi connectivity index (χ4v) is 3.84. The molecule has 0 bridgehead atoms. The fraction of sp³-hybridized carbons (Fsp3) is 0.467. The van der Waals surface area contributed by atoms with E-state index in [1.165, 1.54) is 16.4 Å². The zero-order chi connectivity index (χ0) is 17.3. The highest BCUT2D eigenvalue weighted by molar-refractivity contribution is 7.87. The van der Waals surface area contributed by atoms with Crippen molar-refractivity contribution < 1.29 is 12.8 Å². The van der Waals surface area contributed by atoms with E-state index in [9.17, 15) is 12.8 Å². The van der Waals surface area contributed by atoms with Gasteiger partial charge >= 0.3 is 0 Å². The molecule has 1 aromatic heterocycles. The van der Waals surface area contributed by atoms with Gasteiger partial charge in [0, 0.05) is 38.2 Å². The number of hydrogen-bond donors (Lipinski definition) is 1. The second-order valence-electron chi connectivity index (χ2n) is 5.83. The van der Waals surface area contributed by atoms with E-state index < -0.39 is 10.2 Å².